The standard InChI is InChI=1S/C17H15FN4O2S/c1-11-6-8-12(9-7-11)19-16(23)20-17-22-21-15(25-17)10-24-14-5-3-2-4-13(14)18/h2-9H,10H2,1H3,(H2,19,20,22,23). The molecule has 0 atom stereocenters. The smallest absolute Gasteiger partial charge is 0.325 e. The van der Waals surface area contributed by atoms with E-state index in [-0.39, 0.29) is 12.4 Å². The number of ether oxygens (including phenoxy) is 1. The van der Waals surface area contributed by atoms with Crippen molar-refractivity contribution in [1.29, 1.82) is 0 Å². The average molecular weight is 358 g/mol. The Bertz CT molecular complexity index is 867. The first-order valence-electron chi connectivity index (χ1n) is 7.44. The van der Waals surface area contributed by atoms with Crippen LogP contribution in [0.5, 0.6) is 5.75 Å². The first-order valence-corrected chi connectivity index (χ1v) is 8.26. The minimum atomic E-state index is -0.442. The van der Waals surface area contributed by atoms with E-state index in [0.717, 1.165) is 16.9 Å². The van der Waals surface area contributed by atoms with Crippen LogP contribution in [-0.4, -0.2) is 16.2 Å². The predicted octanol–water partition coefficient (Wildman–Crippen LogP) is 4.21. The van der Waals surface area contributed by atoms with Crippen LogP contribution in [0, 0.1) is 12.7 Å². The van der Waals surface area contributed by atoms with Gasteiger partial charge in [0, 0.05) is 5.69 Å². The van der Waals surface area contributed by atoms with E-state index in [1.54, 1.807) is 12.1 Å². The molecule has 8 heteroatoms. The third kappa shape index (κ3) is 4.74. The van der Waals surface area contributed by atoms with Gasteiger partial charge in [0.15, 0.2) is 16.6 Å². The number of benzene rings is 2. The molecule has 128 valence electrons. The number of anilines is 2. The van der Waals surface area contributed by atoms with Gasteiger partial charge in [0.25, 0.3) is 0 Å². The van der Waals surface area contributed by atoms with E-state index < -0.39 is 11.8 Å². The maximum atomic E-state index is 13.5. The van der Waals surface area contributed by atoms with Crippen LogP contribution in [0.15, 0.2) is 48.5 Å². The van der Waals surface area contributed by atoms with Crippen molar-refractivity contribution in [2.75, 3.05) is 10.6 Å². The van der Waals surface area contributed by atoms with Crippen LogP contribution in [0.25, 0.3) is 0 Å². The van der Waals surface area contributed by atoms with Gasteiger partial charge >= 0.3 is 6.03 Å². The number of rotatable bonds is 5. The Kier molecular flexibility index (Phi) is 5.20. The summed E-state index contributed by atoms with van der Waals surface area (Å²) in [5.74, 6) is -0.299. The summed E-state index contributed by atoms with van der Waals surface area (Å²) in [4.78, 5) is 11.9. The topological polar surface area (TPSA) is 76.1 Å². The third-order valence-corrected chi connectivity index (χ3v) is 4.00. The zero-order chi connectivity index (χ0) is 17.6. The first-order chi connectivity index (χ1) is 12.1. The number of hydrogen-bond donors (Lipinski definition) is 2. The van der Waals surface area contributed by atoms with Gasteiger partial charge in [-0.3, -0.25) is 5.32 Å². The summed E-state index contributed by atoms with van der Waals surface area (Å²) >= 11 is 1.16. The zero-order valence-corrected chi connectivity index (χ0v) is 14.1. The Hall–Kier alpha value is -3.00. The average Bonchev–Trinajstić information content (AvgIpc) is 3.03. The van der Waals surface area contributed by atoms with Gasteiger partial charge in [0.1, 0.15) is 6.61 Å². The number of amides is 2. The van der Waals surface area contributed by atoms with Gasteiger partial charge in [-0.2, -0.15) is 0 Å². The fraction of sp³-hybridized carbons (Fsp3) is 0.118. The van der Waals surface area contributed by atoms with Gasteiger partial charge in [-0.1, -0.05) is 41.2 Å². The van der Waals surface area contributed by atoms with Crippen molar-refractivity contribution in [3.63, 3.8) is 0 Å². The van der Waals surface area contributed by atoms with Crippen molar-refractivity contribution in [2.45, 2.75) is 13.5 Å². The molecule has 0 bridgehead atoms. The molecule has 0 aliphatic rings. The second-order valence-electron chi connectivity index (χ2n) is 5.17. The molecule has 0 saturated heterocycles. The predicted molar refractivity (Wildman–Crippen MR) is 94.5 cm³/mol. The maximum Gasteiger partial charge on any atom is 0.325 e. The fourth-order valence-electron chi connectivity index (χ4n) is 1.96. The molecule has 1 aromatic heterocycles. The minimum absolute atomic E-state index is 0.0693. The third-order valence-electron chi connectivity index (χ3n) is 3.18. The van der Waals surface area contributed by atoms with E-state index in [0.29, 0.717) is 15.8 Å². The summed E-state index contributed by atoms with van der Waals surface area (Å²) in [6, 6.07) is 13.1. The number of carbonyl (C=O) groups excluding carboxylic acids is 1. The number of aryl methyl sites for hydroxylation is 1. The lowest BCUT2D eigenvalue weighted by atomic mass is 10.2. The van der Waals surface area contributed by atoms with E-state index in [1.165, 1.54) is 12.1 Å². The van der Waals surface area contributed by atoms with E-state index in [1.807, 2.05) is 31.2 Å². The summed E-state index contributed by atoms with van der Waals surface area (Å²) in [6.45, 7) is 2.04. The number of carbonyl (C=O) groups is 1. The zero-order valence-electron chi connectivity index (χ0n) is 13.3. The van der Waals surface area contributed by atoms with Crippen molar-refractivity contribution in [3.05, 3.63) is 64.9 Å². The molecule has 0 fully saturated rings. The lowest BCUT2D eigenvalue weighted by molar-refractivity contribution is 0.262. The van der Waals surface area contributed by atoms with Crippen LogP contribution >= 0.6 is 11.3 Å². The van der Waals surface area contributed by atoms with Gasteiger partial charge in [-0.05, 0) is 31.2 Å². The lowest BCUT2D eigenvalue weighted by Crippen LogP contribution is -2.19. The van der Waals surface area contributed by atoms with Crippen LogP contribution in [0.3, 0.4) is 0 Å². The molecule has 1 heterocycles. The molecule has 2 amide bonds. The van der Waals surface area contributed by atoms with Crippen LogP contribution in [0.4, 0.5) is 20.0 Å². The van der Waals surface area contributed by atoms with Gasteiger partial charge in [-0.25, -0.2) is 9.18 Å². The highest BCUT2D eigenvalue weighted by molar-refractivity contribution is 7.15. The number of nitrogens with zero attached hydrogens (tertiary/aromatic N) is 2. The highest BCUT2D eigenvalue weighted by Crippen LogP contribution is 2.20. The normalized spacial score (nSPS) is 10.3. The molecule has 6 nitrogen and oxygen atoms in total. The Morgan fingerprint density at radius 2 is 1.88 bits per heavy atom. The fourth-order valence-corrected chi connectivity index (χ4v) is 2.61. The van der Waals surface area contributed by atoms with Crippen LogP contribution in [-0.2, 0) is 6.61 Å². The Morgan fingerprint density at radius 1 is 1.12 bits per heavy atom. The molecule has 3 aromatic rings. The number of para-hydroxylation sites is 1. The molecule has 25 heavy (non-hydrogen) atoms. The quantitative estimate of drug-likeness (QED) is 0.716. The number of halogens is 1. The number of aromatic nitrogens is 2. The van der Waals surface area contributed by atoms with E-state index in [2.05, 4.69) is 20.8 Å². The number of hydrogen-bond acceptors (Lipinski definition) is 5. The highest BCUT2D eigenvalue weighted by atomic mass is 32.1. The summed E-state index contributed by atoms with van der Waals surface area (Å²) < 4.78 is 18.8. The highest BCUT2D eigenvalue weighted by Gasteiger charge is 2.10. The Labute approximate surface area is 147 Å². The second-order valence-corrected chi connectivity index (χ2v) is 6.23. The van der Waals surface area contributed by atoms with Crippen LogP contribution in [0.1, 0.15) is 10.6 Å². The Balaban J connectivity index is 1.53. The monoisotopic (exact) mass is 358 g/mol. The molecule has 0 aliphatic carbocycles. The summed E-state index contributed by atoms with van der Waals surface area (Å²) in [7, 11) is 0. The molecular weight excluding hydrogens is 343 g/mol. The molecule has 0 saturated carbocycles. The molecule has 3 rings (SSSR count). The summed E-state index contributed by atoms with van der Waals surface area (Å²) in [5.41, 5.74) is 1.78. The van der Waals surface area contributed by atoms with Crippen molar-refractivity contribution in [3.8, 4) is 5.75 Å². The number of urea groups is 1. The first kappa shape index (κ1) is 16.8. The molecule has 0 radical (unpaired) electrons. The number of nitrogens with one attached hydrogen (secondary N) is 2. The molecule has 0 unspecified atom stereocenters. The molecule has 2 aromatic carbocycles. The van der Waals surface area contributed by atoms with Crippen molar-refractivity contribution >= 4 is 28.2 Å². The van der Waals surface area contributed by atoms with Crippen LogP contribution in [0.2, 0.25) is 0 Å². The molecule has 2 N–H and O–H groups in total. The largest absolute Gasteiger partial charge is 0.483 e. The second kappa shape index (κ2) is 7.71. The van der Waals surface area contributed by atoms with E-state index in [4.69, 9.17) is 4.74 Å². The van der Waals surface area contributed by atoms with E-state index in [9.17, 15) is 9.18 Å². The van der Waals surface area contributed by atoms with Gasteiger partial charge < -0.3 is 10.1 Å². The van der Waals surface area contributed by atoms with Gasteiger partial charge in [0.2, 0.25) is 5.13 Å². The van der Waals surface area contributed by atoms with Gasteiger partial charge in [0.05, 0.1) is 0 Å². The summed E-state index contributed by atoms with van der Waals surface area (Å²) in [6.07, 6.45) is 0. The van der Waals surface area contributed by atoms with E-state index >= 15 is 0 Å². The molecule has 0 aliphatic heterocycles. The van der Waals surface area contributed by atoms with Crippen molar-refractivity contribution in [1.82, 2.24) is 10.2 Å². The SMILES string of the molecule is Cc1ccc(NC(=O)Nc2nnc(COc3ccccc3F)s2)cc1. The van der Waals surface area contributed by atoms with Crippen molar-refractivity contribution in [2.24, 2.45) is 0 Å². The lowest BCUT2D eigenvalue weighted by Gasteiger charge is -2.05. The van der Waals surface area contributed by atoms with Crippen LogP contribution < -0.4 is 15.4 Å². The molecular formula is C17H15FN4O2S. The van der Waals surface area contributed by atoms with Crippen molar-refractivity contribution < 1.29 is 13.9 Å². The van der Waals surface area contributed by atoms with Gasteiger partial charge in [-0.15, -0.1) is 10.2 Å². The maximum absolute atomic E-state index is 13.5. The summed E-state index contributed by atoms with van der Waals surface area (Å²) in [5, 5.41) is 13.9. The minimum Gasteiger partial charge on any atom is -0.483 e. The Morgan fingerprint density at radius 3 is 2.64 bits per heavy atom. The molecule has 0 spiro atoms.